The van der Waals surface area contributed by atoms with Crippen molar-refractivity contribution in [2.75, 3.05) is 29.9 Å². The summed E-state index contributed by atoms with van der Waals surface area (Å²) in [7, 11) is 0. The van der Waals surface area contributed by atoms with Crippen molar-refractivity contribution in [3.05, 3.63) is 12.4 Å². The summed E-state index contributed by atoms with van der Waals surface area (Å²) in [6.07, 6.45) is 5.85. The second-order valence-corrected chi connectivity index (χ2v) is 3.94. The van der Waals surface area contributed by atoms with Crippen molar-refractivity contribution in [3.63, 3.8) is 0 Å². The van der Waals surface area contributed by atoms with Crippen molar-refractivity contribution in [2.45, 2.75) is 25.8 Å². The molecule has 0 aliphatic heterocycles. The number of aromatic nitrogens is 2. The summed E-state index contributed by atoms with van der Waals surface area (Å²) in [4.78, 5) is 10.8. The van der Waals surface area contributed by atoms with Crippen LogP contribution >= 0.6 is 0 Å². The normalized spacial score (nSPS) is 14.9. The maximum absolute atomic E-state index is 9.04. The van der Waals surface area contributed by atoms with Crippen LogP contribution in [0.2, 0.25) is 0 Å². The SMILES string of the molecule is CCNc1cncc(N(CCO)C2CC2)n1. The zero-order valence-corrected chi connectivity index (χ0v) is 9.56. The molecule has 88 valence electrons. The van der Waals surface area contributed by atoms with Gasteiger partial charge in [0.1, 0.15) is 11.6 Å². The highest BCUT2D eigenvalue weighted by atomic mass is 16.3. The number of nitrogens with zero attached hydrogens (tertiary/aromatic N) is 3. The van der Waals surface area contributed by atoms with E-state index in [9.17, 15) is 0 Å². The average Bonchev–Trinajstić information content (AvgIpc) is 3.11. The molecule has 0 unspecified atom stereocenters. The minimum Gasteiger partial charge on any atom is -0.395 e. The van der Waals surface area contributed by atoms with E-state index in [2.05, 4.69) is 20.2 Å². The van der Waals surface area contributed by atoms with Gasteiger partial charge in [-0.15, -0.1) is 0 Å². The van der Waals surface area contributed by atoms with Crippen molar-refractivity contribution < 1.29 is 5.11 Å². The molecule has 0 atom stereocenters. The first-order valence-electron chi connectivity index (χ1n) is 5.78. The van der Waals surface area contributed by atoms with Crippen LogP contribution in [0.25, 0.3) is 0 Å². The summed E-state index contributed by atoms with van der Waals surface area (Å²) in [6, 6.07) is 0.540. The first kappa shape index (κ1) is 11.1. The third kappa shape index (κ3) is 2.61. The Morgan fingerprint density at radius 2 is 2.31 bits per heavy atom. The van der Waals surface area contributed by atoms with Crippen LogP contribution < -0.4 is 10.2 Å². The van der Waals surface area contributed by atoms with Gasteiger partial charge in [0.05, 0.1) is 19.0 Å². The fourth-order valence-corrected chi connectivity index (χ4v) is 1.74. The topological polar surface area (TPSA) is 61.3 Å². The Kier molecular flexibility index (Phi) is 3.56. The Bertz CT molecular complexity index is 341. The van der Waals surface area contributed by atoms with Crippen LogP contribution in [0.4, 0.5) is 11.6 Å². The van der Waals surface area contributed by atoms with Crippen LogP contribution in [-0.4, -0.2) is 40.8 Å². The molecule has 5 nitrogen and oxygen atoms in total. The van der Waals surface area contributed by atoms with Gasteiger partial charge >= 0.3 is 0 Å². The van der Waals surface area contributed by atoms with Gasteiger partial charge in [-0.05, 0) is 19.8 Å². The van der Waals surface area contributed by atoms with E-state index in [4.69, 9.17) is 5.11 Å². The molecule has 1 saturated carbocycles. The summed E-state index contributed by atoms with van der Waals surface area (Å²) < 4.78 is 0. The van der Waals surface area contributed by atoms with Gasteiger partial charge < -0.3 is 15.3 Å². The van der Waals surface area contributed by atoms with E-state index in [1.807, 2.05) is 6.92 Å². The lowest BCUT2D eigenvalue weighted by Gasteiger charge is -2.22. The molecule has 1 heterocycles. The van der Waals surface area contributed by atoms with Crippen molar-refractivity contribution in [1.29, 1.82) is 0 Å². The van der Waals surface area contributed by atoms with Gasteiger partial charge in [-0.2, -0.15) is 0 Å². The van der Waals surface area contributed by atoms with Crippen LogP contribution in [0, 0.1) is 0 Å². The molecule has 0 spiro atoms. The highest BCUT2D eigenvalue weighted by molar-refractivity contribution is 5.45. The second-order valence-electron chi connectivity index (χ2n) is 3.94. The molecule has 2 rings (SSSR count). The van der Waals surface area contributed by atoms with Crippen molar-refractivity contribution in [1.82, 2.24) is 9.97 Å². The molecule has 1 aliphatic rings. The quantitative estimate of drug-likeness (QED) is 0.748. The molecule has 5 heteroatoms. The number of aliphatic hydroxyl groups excluding tert-OH is 1. The maximum Gasteiger partial charge on any atom is 0.149 e. The standard InChI is InChI=1S/C11H18N4O/c1-2-13-10-7-12-8-11(14-10)15(5-6-16)9-3-4-9/h7-9,16H,2-6H2,1H3,(H,13,14). The minimum absolute atomic E-state index is 0.156. The summed E-state index contributed by atoms with van der Waals surface area (Å²) in [5.41, 5.74) is 0. The third-order valence-electron chi connectivity index (χ3n) is 2.60. The van der Waals surface area contributed by atoms with Crippen molar-refractivity contribution in [3.8, 4) is 0 Å². The smallest absolute Gasteiger partial charge is 0.149 e. The Balaban J connectivity index is 2.12. The first-order valence-corrected chi connectivity index (χ1v) is 5.78. The molecule has 0 radical (unpaired) electrons. The van der Waals surface area contributed by atoms with Gasteiger partial charge in [0, 0.05) is 19.1 Å². The Hall–Kier alpha value is -1.36. The lowest BCUT2D eigenvalue weighted by Crippen LogP contribution is -2.30. The molecule has 16 heavy (non-hydrogen) atoms. The van der Waals surface area contributed by atoms with Gasteiger partial charge in [-0.25, -0.2) is 4.98 Å². The number of hydrogen-bond acceptors (Lipinski definition) is 5. The highest BCUT2D eigenvalue weighted by Gasteiger charge is 2.29. The van der Waals surface area contributed by atoms with E-state index >= 15 is 0 Å². The van der Waals surface area contributed by atoms with Gasteiger partial charge in [-0.1, -0.05) is 0 Å². The number of rotatable bonds is 6. The Morgan fingerprint density at radius 1 is 1.50 bits per heavy atom. The van der Waals surface area contributed by atoms with Crippen LogP contribution in [0.1, 0.15) is 19.8 Å². The number of hydrogen-bond donors (Lipinski definition) is 2. The van der Waals surface area contributed by atoms with E-state index in [0.717, 1.165) is 18.2 Å². The molecule has 1 aromatic heterocycles. The Morgan fingerprint density at radius 3 is 2.94 bits per heavy atom. The monoisotopic (exact) mass is 222 g/mol. The van der Waals surface area contributed by atoms with E-state index in [1.54, 1.807) is 12.4 Å². The molecule has 0 amide bonds. The fourth-order valence-electron chi connectivity index (χ4n) is 1.74. The van der Waals surface area contributed by atoms with Crippen molar-refractivity contribution >= 4 is 11.6 Å². The van der Waals surface area contributed by atoms with E-state index in [-0.39, 0.29) is 6.61 Å². The van der Waals surface area contributed by atoms with E-state index in [1.165, 1.54) is 12.8 Å². The number of anilines is 2. The molecule has 1 fully saturated rings. The predicted molar refractivity (Wildman–Crippen MR) is 63.6 cm³/mol. The third-order valence-corrected chi connectivity index (χ3v) is 2.60. The largest absolute Gasteiger partial charge is 0.395 e. The maximum atomic E-state index is 9.04. The van der Waals surface area contributed by atoms with Crippen LogP contribution in [0.15, 0.2) is 12.4 Å². The van der Waals surface area contributed by atoms with Crippen molar-refractivity contribution in [2.24, 2.45) is 0 Å². The van der Waals surface area contributed by atoms with Crippen LogP contribution in [0.3, 0.4) is 0 Å². The predicted octanol–water partition coefficient (Wildman–Crippen LogP) is 0.869. The summed E-state index contributed by atoms with van der Waals surface area (Å²) in [6.45, 7) is 3.65. The fraction of sp³-hybridized carbons (Fsp3) is 0.636. The average molecular weight is 222 g/mol. The molecule has 1 aliphatic carbocycles. The summed E-state index contributed by atoms with van der Waals surface area (Å²) in [5, 5.41) is 12.2. The van der Waals surface area contributed by atoms with Gasteiger partial charge in [0.15, 0.2) is 0 Å². The lowest BCUT2D eigenvalue weighted by atomic mass is 10.4. The first-order chi connectivity index (χ1) is 7.85. The summed E-state index contributed by atoms with van der Waals surface area (Å²) >= 11 is 0. The molecule has 2 N–H and O–H groups in total. The van der Waals surface area contributed by atoms with Crippen LogP contribution in [0.5, 0.6) is 0 Å². The highest BCUT2D eigenvalue weighted by Crippen LogP contribution is 2.30. The zero-order valence-electron chi connectivity index (χ0n) is 9.56. The zero-order chi connectivity index (χ0) is 11.4. The molecule has 0 saturated heterocycles. The van der Waals surface area contributed by atoms with Gasteiger partial charge in [0.2, 0.25) is 0 Å². The number of nitrogens with one attached hydrogen (secondary N) is 1. The lowest BCUT2D eigenvalue weighted by molar-refractivity contribution is 0.301. The molecular formula is C11H18N4O. The van der Waals surface area contributed by atoms with Gasteiger partial charge in [0.25, 0.3) is 0 Å². The molecule has 1 aromatic rings. The van der Waals surface area contributed by atoms with Crippen LogP contribution in [-0.2, 0) is 0 Å². The van der Waals surface area contributed by atoms with E-state index < -0.39 is 0 Å². The molecular weight excluding hydrogens is 204 g/mol. The molecule has 0 bridgehead atoms. The molecule has 0 aromatic carbocycles. The minimum atomic E-state index is 0.156. The second kappa shape index (κ2) is 5.12. The van der Waals surface area contributed by atoms with E-state index in [0.29, 0.717) is 12.6 Å². The summed E-state index contributed by atoms with van der Waals surface area (Å²) in [5.74, 6) is 1.65. The number of aliphatic hydroxyl groups is 1. The van der Waals surface area contributed by atoms with Gasteiger partial charge in [-0.3, -0.25) is 4.98 Å². The Labute approximate surface area is 95.5 Å².